The normalized spacial score (nSPS) is 15.3. The van der Waals surface area contributed by atoms with Gasteiger partial charge in [-0.2, -0.15) is 5.26 Å². The van der Waals surface area contributed by atoms with Crippen LogP contribution in [-0.2, 0) is 6.54 Å². The van der Waals surface area contributed by atoms with Crippen LogP contribution in [0.2, 0.25) is 0 Å². The number of rotatable bonds is 3. The summed E-state index contributed by atoms with van der Waals surface area (Å²) in [5.74, 6) is 0. The van der Waals surface area contributed by atoms with E-state index in [4.69, 9.17) is 5.26 Å². The highest BCUT2D eigenvalue weighted by molar-refractivity contribution is 5.54. The van der Waals surface area contributed by atoms with Crippen molar-refractivity contribution in [1.82, 2.24) is 4.90 Å². The summed E-state index contributed by atoms with van der Waals surface area (Å²) < 4.78 is 0. The molecule has 0 saturated carbocycles. The Balaban J connectivity index is 1.57. The lowest BCUT2D eigenvalue weighted by Crippen LogP contribution is -2.30. The predicted molar refractivity (Wildman–Crippen MR) is 90.1 cm³/mol. The summed E-state index contributed by atoms with van der Waals surface area (Å²) in [6.07, 6.45) is 4.54. The van der Waals surface area contributed by atoms with Gasteiger partial charge >= 0.3 is 0 Å². The van der Waals surface area contributed by atoms with Gasteiger partial charge in [0.15, 0.2) is 0 Å². The van der Waals surface area contributed by atoms with E-state index in [0.717, 1.165) is 38.0 Å². The average Bonchev–Trinajstić information content (AvgIpc) is 2.58. The topological polar surface area (TPSA) is 27.0 Å². The van der Waals surface area contributed by atoms with E-state index in [2.05, 4.69) is 47.4 Å². The second kappa shape index (κ2) is 7.06. The number of benzene rings is 2. The first-order valence-electron chi connectivity index (χ1n) is 7.79. The summed E-state index contributed by atoms with van der Waals surface area (Å²) >= 11 is 0. The van der Waals surface area contributed by atoms with Crippen LogP contribution in [0.25, 0.3) is 6.08 Å². The third kappa shape index (κ3) is 3.84. The van der Waals surface area contributed by atoms with Crippen molar-refractivity contribution in [2.75, 3.05) is 13.1 Å². The second-order valence-electron chi connectivity index (χ2n) is 5.80. The first-order valence-corrected chi connectivity index (χ1v) is 7.79. The van der Waals surface area contributed by atoms with E-state index in [1.807, 2.05) is 24.3 Å². The number of nitrogens with zero attached hydrogens (tertiary/aromatic N) is 2. The minimum Gasteiger partial charge on any atom is -0.298 e. The fraction of sp³-hybridized carbons (Fsp3) is 0.250. The second-order valence-corrected chi connectivity index (χ2v) is 5.80. The fourth-order valence-electron chi connectivity index (χ4n) is 2.87. The van der Waals surface area contributed by atoms with Crippen molar-refractivity contribution < 1.29 is 0 Å². The molecule has 0 aliphatic carbocycles. The van der Waals surface area contributed by atoms with Gasteiger partial charge in [0.1, 0.15) is 0 Å². The van der Waals surface area contributed by atoms with Crippen LogP contribution in [0.1, 0.15) is 29.5 Å². The highest BCUT2D eigenvalue weighted by atomic mass is 15.1. The third-order valence-corrected chi connectivity index (χ3v) is 4.16. The lowest BCUT2D eigenvalue weighted by Gasteiger charge is -2.28. The number of piperidine rings is 1. The summed E-state index contributed by atoms with van der Waals surface area (Å²) in [6, 6.07) is 20.7. The molecule has 1 fully saturated rings. The lowest BCUT2D eigenvalue weighted by molar-refractivity contribution is 0.249. The van der Waals surface area contributed by atoms with Gasteiger partial charge in [-0.1, -0.05) is 54.1 Å². The Morgan fingerprint density at radius 1 is 0.955 bits per heavy atom. The largest absolute Gasteiger partial charge is 0.298 e. The molecule has 0 atom stereocenters. The van der Waals surface area contributed by atoms with E-state index in [1.165, 1.54) is 16.7 Å². The van der Waals surface area contributed by atoms with E-state index in [-0.39, 0.29) is 0 Å². The van der Waals surface area contributed by atoms with Gasteiger partial charge in [0, 0.05) is 19.6 Å². The van der Waals surface area contributed by atoms with E-state index in [1.54, 1.807) is 0 Å². The van der Waals surface area contributed by atoms with Gasteiger partial charge in [0.05, 0.1) is 11.6 Å². The fourth-order valence-corrected chi connectivity index (χ4v) is 2.87. The Morgan fingerprint density at radius 3 is 2.27 bits per heavy atom. The molecule has 0 spiro atoms. The van der Waals surface area contributed by atoms with Crippen molar-refractivity contribution in [3.8, 4) is 6.07 Å². The first kappa shape index (κ1) is 14.6. The molecule has 0 bridgehead atoms. The lowest BCUT2D eigenvalue weighted by atomic mass is 10.00. The van der Waals surface area contributed by atoms with Gasteiger partial charge in [-0.05, 0) is 36.1 Å². The molecule has 22 heavy (non-hydrogen) atoms. The molecule has 2 nitrogen and oxygen atoms in total. The van der Waals surface area contributed by atoms with Crippen molar-refractivity contribution in [1.29, 1.82) is 5.26 Å². The zero-order valence-corrected chi connectivity index (χ0v) is 12.7. The van der Waals surface area contributed by atoms with E-state index in [0.29, 0.717) is 0 Å². The molecule has 110 valence electrons. The molecule has 1 aliphatic rings. The van der Waals surface area contributed by atoms with Crippen molar-refractivity contribution in [3.63, 3.8) is 0 Å². The zero-order valence-electron chi connectivity index (χ0n) is 12.7. The van der Waals surface area contributed by atoms with E-state index >= 15 is 0 Å². The molecular formula is C20H20N2. The SMILES string of the molecule is N#Cc1ccc(C=C2CCN(Cc3ccccc3)CC2)cc1. The van der Waals surface area contributed by atoms with Gasteiger partial charge in [0.25, 0.3) is 0 Å². The van der Waals surface area contributed by atoms with Gasteiger partial charge in [0.2, 0.25) is 0 Å². The summed E-state index contributed by atoms with van der Waals surface area (Å²) in [7, 11) is 0. The average molecular weight is 288 g/mol. The Labute approximate surface area is 132 Å². The third-order valence-electron chi connectivity index (χ3n) is 4.16. The number of nitriles is 1. The first-order chi connectivity index (χ1) is 10.8. The van der Waals surface area contributed by atoms with Crippen LogP contribution in [-0.4, -0.2) is 18.0 Å². The van der Waals surface area contributed by atoms with Crippen LogP contribution < -0.4 is 0 Å². The van der Waals surface area contributed by atoms with Crippen LogP contribution in [0.3, 0.4) is 0 Å². The molecule has 0 unspecified atom stereocenters. The van der Waals surface area contributed by atoms with Crippen LogP contribution in [0, 0.1) is 11.3 Å². The van der Waals surface area contributed by atoms with Crippen LogP contribution >= 0.6 is 0 Å². The van der Waals surface area contributed by atoms with Crippen molar-refractivity contribution in [3.05, 3.63) is 76.9 Å². The molecule has 1 aliphatic heterocycles. The Hall–Kier alpha value is -2.37. The molecule has 0 N–H and O–H groups in total. The monoisotopic (exact) mass is 288 g/mol. The molecule has 3 rings (SSSR count). The Morgan fingerprint density at radius 2 is 1.64 bits per heavy atom. The molecule has 0 aromatic heterocycles. The number of hydrogen-bond donors (Lipinski definition) is 0. The van der Waals surface area contributed by atoms with Crippen molar-refractivity contribution >= 4 is 6.08 Å². The molecule has 2 heteroatoms. The van der Waals surface area contributed by atoms with Gasteiger partial charge in [-0.3, -0.25) is 4.90 Å². The maximum atomic E-state index is 8.83. The van der Waals surface area contributed by atoms with Crippen LogP contribution in [0.5, 0.6) is 0 Å². The van der Waals surface area contributed by atoms with Crippen molar-refractivity contribution in [2.24, 2.45) is 0 Å². The summed E-state index contributed by atoms with van der Waals surface area (Å²) in [6.45, 7) is 3.29. The summed E-state index contributed by atoms with van der Waals surface area (Å²) in [4.78, 5) is 2.52. The Kier molecular flexibility index (Phi) is 4.68. The molecular weight excluding hydrogens is 268 g/mol. The zero-order chi connectivity index (χ0) is 15.2. The summed E-state index contributed by atoms with van der Waals surface area (Å²) in [5.41, 5.74) is 4.82. The van der Waals surface area contributed by atoms with Crippen LogP contribution in [0.15, 0.2) is 60.2 Å². The predicted octanol–water partition coefficient (Wildman–Crippen LogP) is 4.24. The molecule has 0 radical (unpaired) electrons. The van der Waals surface area contributed by atoms with Gasteiger partial charge in [-0.25, -0.2) is 0 Å². The molecule has 1 heterocycles. The molecule has 0 amide bonds. The minimum atomic E-state index is 0.722. The van der Waals surface area contributed by atoms with Crippen molar-refractivity contribution in [2.45, 2.75) is 19.4 Å². The molecule has 2 aromatic carbocycles. The Bertz CT molecular complexity index is 668. The summed E-state index contributed by atoms with van der Waals surface area (Å²) in [5, 5.41) is 8.83. The molecule has 2 aromatic rings. The quantitative estimate of drug-likeness (QED) is 0.844. The number of hydrogen-bond acceptors (Lipinski definition) is 2. The number of likely N-dealkylation sites (tertiary alicyclic amines) is 1. The smallest absolute Gasteiger partial charge is 0.0991 e. The highest BCUT2D eigenvalue weighted by Gasteiger charge is 2.13. The van der Waals surface area contributed by atoms with Gasteiger partial charge < -0.3 is 0 Å². The molecule has 1 saturated heterocycles. The standard InChI is InChI=1S/C20H20N2/c21-15-19-8-6-17(7-9-19)14-18-10-12-22(13-11-18)16-20-4-2-1-3-5-20/h1-9,14H,10-13,16H2. The maximum Gasteiger partial charge on any atom is 0.0991 e. The van der Waals surface area contributed by atoms with Crippen LogP contribution in [0.4, 0.5) is 0 Å². The highest BCUT2D eigenvalue weighted by Crippen LogP contribution is 2.21. The maximum absolute atomic E-state index is 8.83. The van der Waals surface area contributed by atoms with Gasteiger partial charge in [-0.15, -0.1) is 0 Å². The van der Waals surface area contributed by atoms with E-state index in [9.17, 15) is 0 Å². The minimum absolute atomic E-state index is 0.722. The van der Waals surface area contributed by atoms with E-state index < -0.39 is 0 Å².